The van der Waals surface area contributed by atoms with Crippen molar-refractivity contribution in [3.8, 4) is 11.4 Å². The number of nitrogens with one attached hydrogen (secondary N) is 1. The average Bonchev–Trinajstić information content (AvgIpc) is 3.17. The van der Waals surface area contributed by atoms with E-state index in [0.717, 1.165) is 4.57 Å². The molecule has 3 heterocycles. The van der Waals surface area contributed by atoms with Gasteiger partial charge in [0.25, 0.3) is 11.5 Å². The summed E-state index contributed by atoms with van der Waals surface area (Å²) in [5.74, 6) is 0.145. The van der Waals surface area contributed by atoms with Crippen LogP contribution in [0.3, 0.4) is 0 Å². The van der Waals surface area contributed by atoms with Crippen LogP contribution in [0.15, 0.2) is 46.1 Å². The molecule has 0 atom stereocenters. The molecule has 0 unspecified atom stereocenters. The van der Waals surface area contributed by atoms with Crippen LogP contribution >= 0.6 is 0 Å². The van der Waals surface area contributed by atoms with Gasteiger partial charge in [0.2, 0.25) is 0 Å². The van der Waals surface area contributed by atoms with Crippen molar-refractivity contribution in [2.24, 2.45) is 14.1 Å². The van der Waals surface area contributed by atoms with Gasteiger partial charge in [-0.15, -0.1) is 5.10 Å². The first-order valence-electron chi connectivity index (χ1n) is 9.25. The summed E-state index contributed by atoms with van der Waals surface area (Å²) in [6.07, 6.45) is 1.38. The van der Waals surface area contributed by atoms with E-state index in [1.807, 2.05) is 12.1 Å². The number of rotatable bonds is 4. The molecule has 0 aliphatic heterocycles. The molecule has 158 valence electrons. The summed E-state index contributed by atoms with van der Waals surface area (Å²) < 4.78 is 9.01. The third-order valence-corrected chi connectivity index (χ3v) is 4.96. The van der Waals surface area contributed by atoms with Gasteiger partial charge in [-0.3, -0.25) is 18.7 Å². The fraction of sp³-hybridized carbons (Fsp3) is 0.200. The minimum absolute atomic E-state index is 0.122. The van der Waals surface area contributed by atoms with Crippen LogP contribution in [0.2, 0.25) is 0 Å². The van der Waals surface area contributed by atoms with Crippen molar-refractivity contribution in [2.45, 2.75) is 6.92 Å². The number of hydrogen-bond acceptors (Lipinski definition) is 7. The van der Waals surface area contributed by atoms with Gasteiger partial charge in [0.15, 0.2) is 5.69 Å². The molecule has 0 saturated carbocycles. The number of benzene rings is 1. The first-order valence-corrected chi connectivity index (χ1v) is 9.25. The number of carbonyl (C=O) groups excluding carboxylic acids is 1. The maximum atomic E-state index is 12.8. The molecule has 0 fully saturated rings. The highest BCUT2D eigenvalue weighted by Crippen LogP contribution is 2.19. The summed E-state index contributed by atoms with van der Waals surface area (Å²) in [5, 5.41) is 10.9. The summed E-state index contributed by atoms with van der Waals surface area (Å²) in [5.41, 5.74) is 0.887. The zero-order chi connectivity index (χ0) is 22.3. The number of amides is 1. The summed E-state index contributed by atoms with van der Waals surface area (Å²) in [4.78, 5) is 41.4. The van der Waals surface area contributed by atoms with E-state index in [0.29, 0.717) is 22.8 Å². The Balaban J connectivity index is 1.68. The second kappa shape index (κ2) is 7.52. The van der Waals surface area contributed by atoms with Gasteiger partial charge >= 0.3 is 5.69 Å². The lowest BCUT2D eigenvalue weighted by Gasteiger charge is -2.09. The minimum atomic E-state index is -0.505. The Kier molecular flexibility index (Phi) is 4.85. The maximum absolute atomic E-state index is 12.8. The van der Waals surface area contributed by atoms with Crippen LogP contribution in [0.4, 0.5) is 5.69 Å². The smallest absolute Gasteiger partial charge is 0.332 e. The Hall–Kier alpha value is -4.28. The third kappa shape index (κ3) is 3.35. The highest BCUT2D eigenvalue weighted by molar-refractivity contribution is 6.04. The van der Waals surface area contributed by atoms with Gasteiger partial charge in [-0.1, -0.05) is 11.3 Å². The molecule has 4 rings (SSSR count). The lowest BCUT2D eigenvalue weighted by Crippen LogP contribution is -2.37. The van der Waals surface area contributed by atoms with Gasteiger partial charge in [-0.2, -0.15) is 0 Å². The van der Waals surface area contributed by atoms with Crippen molar-refractivity contribution >= 4 is 22.6 Å². The van der Waals surface area contributed by atoms with Crippen LogP contribution in [-0.4, -0.2) is 42.1 Å². The Bertz CT molecular complexity index is 1450. The van der Waals surface area contributed by atoms with Crippen LogP contribution in [0.1, 0.15) is 16.2 Å². The van der Waals surface area contributed by atoms with Crippen molar-refractivity contribution in [3.63, 3.8) is 0 Å². The Morgan fingerprint density at radius 1 is 1.13 bits per heavy atom. The third-order valence-electron chi connectivity index (χ3n) is 4.96. The second-order valence-corrected chi connectivity index (χ2v) is 6.89. The van der Waals surface area contributed by atoms with E-state index >= 15 is 0 Å². The summed E-state index contributed by atoms with van der Waals surface area (Å²) in [6.45, 7) is 1.72. The van der Waals surface area contributed by atoms with Gasteiger partial charge in [0, 0.05) is 20.2 Å². The molecule has 0 aliphatic carbocycles. The second-order valence-electron chi connectivity index (χ2n) is 6.89. The quantitative estimate of drug-likeness (QED) is 0.516. The Morgan fingerprint density at radius 2 is 1.90 bits per heavy atom. The monoisotopic (exact) mass is 421 g/mol. The number of anilines is 1. The minimum Gasteiger partial charge on any atom is -0.497 e. The van der Waals surface area contributed by atoms with Gasteiger partial charge in [0.1, 0.15) is 11.4 Å². The van der Waals surface area contributed by atoms with Crippen molar-refractivity contribution in [1.82, 2.24) is 29.1 Å². The summed E-state index contributed by atoms with van der Waals surface area (Å²) in [7, 11) is 4.47. The maximum Gasteiger partial charge on any atom is 0.332 e. The molecule has 1 aromatic carbocycles. The van der Waals surface area contributed by atoms with Crippen molar-refractivity contribution in [2.75, 3.05) is 12.4 Å². The molecule has 0 aliphatic rings. The molecule has 0 bridgehead atoms. The lowest BCUT2D eigenvalue weighted by atomic mass is 10.2. The Morgan fingerprint density at radius 3 is 2.65 bits per heavy atom. The number of aromatic nitrogens is 6. The number of carbonyl (C=O) groups is 1. The fourth-order valence-electron chi connectivity index (χ4n) is 3.25. The SMILES string of the molecule is COc1cccc(-n2nnc(C(=O)Nc3cnc4c(c3)c(=O)n(C)c(=O)n4C)c2C)c1. The predicted molar refractivity (Wildman–Crippen MR) is 113 cm³/mol. The van der Waals surface area contributed by atoms with Crippen LogP contribution in [-0.2, 0) is 14.1 Å². The van der Waals surface area contributed by atoms with E-state index in [4.69, 9.17) is 4.74 Å². The number of nitrogens with zero attached hydrogens (tertiary/aromatic N) is 6. The van der Waals surface area contributed by atoms with Crippen LogP contribution in [0.25, 0.3) is 16.7 Å². The topological polar surface area (TPSA) is 126 Å². The molecule has 4 aromatic rings. The van der Waals surface area contributed by atoms with E-state index in [-0.39, 0.29) is 16.7 Å². The molecule has 1 N–H and O–H groups in total. The number of methoxy groups -OCH3 is 1. The highest BCUT2D eigenvalue weighted by Gasteiger charge is 2.19. The van der Waals surface area contributed by atoms with E-state index in [2.05, 4.69) is 20.6 Å². The van der Waals surface area contributed by atoms with Gasteiger partial charge < -0.3 is 10.1 Å². The van der Waals surface area contributed by atoms with Crippen LogP contribution < -0.4 is 21.3 Å². The Labute approximate surface area is 175 Å². The molecule has 11 nitrogen and oxygen atoms in total. The van der Waals surface area contributed by atoms with E-state index < -0.39 is 17.2 Å². The molecule has 0 spiro atoms. The predicted octanol–water partition coefficient (Wildman–Crippen LogP) is 0.782. The standard InChI is InChI=1S/C20H19N7O4/c1-11-16(23-24-27(11)13-6-5-7-14(9-13)31-4)18(28)22-12-8-15-17(21-10-12)25(2)20(30)26(3)19(15)29/h5-10H,1-4H3,(H,22,28). The van der Waals surface area contributed by atoms with Gasteiger partial charge in [-0.05, 0) is 25.1 Å². The molecular weight excluding hydrogens is 402 g/mol. The summed E-state index contributed by atoms with van der Waals surface area (Å²) >= 11 is 0. The normalized spacial score (nSPS) is 11.0. The zero-order valence-electron chi connectivity index (χ0n) is 17.3. The van der Waals surface area contributed by atoms with Crippen LogP contribution in [0, 0.1) is 6.92 Å². The van der Waals surface area contributed by atoms with E-state index in [1.54, 1.807) is 26.2 Å². The zero-order valence-corrected chi connectivity index (χ0v) is 17.3. The van der Waals surface area contributed by atoms with Gasteiger partial charge in [-0.25, -0.2) is 14.5 Å². The van der Waals surface area contributed by atoms with Gasteiger partial charge in [0.05, 0.1) is 35.8 Å². The molecule has 11 heteroatoms. The number of hydrogen-bond donors (Lipinski definition) is 1. The highest BCUT2D eigenvalue weighted by atomic mass is 16.5. The van der Waals surface area contributed by atoms with Crippen molar-refractivity contribution in [3.05, 3.63) is 68.8 Å². The first-order chi connectivity index (χ1) is 14.8. The fourth-order valence-corrected chi connectivity index (χ4v) is 3.25. The van der Waals surface area contributed by atoms with Crippen LogP contribution in [0.5, 0.6) is 5.75 Å². The van der Waals surface area contributed by atoms with Crippen molar-refractivity contribution < 1.29 is 9.53 Å². The van der Waals surface area contributed by atoms with E-state index in [9.17, 15) is 14.4 Å². The number of fused-ring (bicyclic) bond motifs is 1. The molecule has 3 aromatic heterocycles. The molecule has 31 heavy (non-hydrogen) atoms. The first kappa shape index (κ1) is 20.0. The average molecular weight is 421 g/mol. The molecule has 1 amide bonds. The largest absolute Gasteiger partial charge is 0.497 e. The molecule has 0 radical (unpaired) electrons. The number of pyridine rings is 1. The number of aryl methyl sites for hydroxylation is 1. The summed E-state index contributed by atoms with van der Waals surface area (Å²) in [6, 6.07) is 8.68. The molecule has 0 saturated heterocycles. The lowest BCUT2D eigenvalue weighted by molar-refractivity contribution is 0.102. The number of ether oxygens (including phenoxy) is 1. The van der Waals surface area contributed by atoms with E-state index in [1.165, 1.54) is 35.6 Å². The molecular formula is C20H19N7O4. The van der Waals surface area contributed by atoms with Crippen molar-refractivity contribution in [1.29, 1.82) is 0 Å².